The summed E-state index contributed by atoms with van der Waals surface area (Å²) >= 11 is 1.76. The van der Waals surface area contributed by atoms with Crippen LogP contribution in [0, 0.1) is 13.8 Å². The Morgan fingerprint density at radius 1 is 1.50 bits per heavy atom. The Kier molecular flexibility index (Phi) is 2.24. The first-order chi connectivity index (χ1) is 7.77. The molecule has 0 spiro atoms. The molecule has 3 heterocycles. The van der Waals surface area contributed by atoms with Crippen LogP contribution in [0.3, 0.4) is 0 Å². The van der Waals surface area contributed by atoms with Gasteiger partial charge >= 0.3 is 0 Å². The van der Waals surface area contributed by atoms with Crippen molar-refractivity contribution >= 4 is 17.2 Å². The van der Waals surface area contributed by atoms with E-state index >= 15 is 0 Å². The first kappa shape index (κ1) is 9.90. The van der Waals surface area contributed by atoms with Gasteiger partial charge in [0.2, 0.25) is 0 Å². The molecular formula is C12H15N3S. The van der Waals surface area contributed by atoms with Crippen molar-refractivity contribution in [3.63, 3.8) is 0 Å². The fourth-order valence-corrected chi connectivity index (χ4v) is 3.00. The summed E-state index contributed by atoms with van der Waals surface area (Å²) in [6, 6.07) is 2.62. The highest BCUT2D eigenvalue weighted by atomic mass is 32.1. The number of nitrogens with one attached hydrogen (secondary N) is 1. The van der Waals surface area contributed by atoms with Gasteiger partial charge in [0.1, 0.15) is 5.82 Å². The second kappa shape index (κ2) is 3.63. The zero-order chi connectivity index (χ0) is 11.1. The van der Waals surface area contributed by atoms with Gasteiger partial charge in [-0.25, -0.2) is 4.68 Å². The Hall–Kier alpha value is -1.29. The second-order valence-corrected chi connectivity index (χ2v) is 5.07. The van der Waals surface area contributed by atoms with Crippen molar-refractivity contribution < 1.29 is 0 Å². The maximum atomic E-state index is 4.65. The van der Waals surface area contributed by atoms with Crippen molar-refractivity contribution in [3.05, 3.63) is 33.6 Å². The van der Waals surface area contributed by atoms with Gasteiger partial charge in [-0.05, 0) is 42.7 Å². The van der Waals surface area contributed by atoms with Gasteiger partial charge in [-0.1, -0.05) is 0 Å². The summed E-state index contributed by atoms with van der Waals surface area (Å²) in [4.78, 5) is 0. The minimum atomic E-state index is 0.412. The average molecular weight is 233 g/mol. The van der Waals surface area contributed by atoms with Crippen LogP contribution in [-0.4, -0.2) is 16.3 Å². The van der Waals surface area contributed by atoms with Gasteiger partial charge in [-0.2, -0.15) is 16.4 Å². The number of thiophene rings is 1. The molecule has 2 aromatic heterocycles. The highest BCUT2D eigenvalue weighted by Crippen LogP contribution is 2.33. The number of fused-ring (bicyclic) bond motifs is 1. The monoisotopic (exact) mass is 233 g/mol. The molecule has 3 rings (SSSR count). The molecule has 0 aliphatic carbocycles. The van der Waals surface area contributed by atoms with E-state index in [2.05, 4.69) is 45.8 Å². The SMILES string of the molecule is Cc1nn2c(c1C)NCCC2c1ccsc1. The Bertz CT molecular complexity index is 499. The van der Waals surface area contributed by atoms with Crippen molar-refractivity contribution in [1.29, 1.82) is 0 Å². The van der Waals surface area contributed by atoms with E-state index in [1.807, 2.05) is 0 Å². The zero-order valence-electron chi connectivity index (χ0n) is 9.53. The summed E-state index contributed by atoms with van der Waals surface area (Å²) in [5.41, 5.74) is 3.79. The van der Waals surface area contributed by atoms with Crippen LogP contribution in [0.15, 0.2) is 16.8 Å². The standard InChI is InChI=1S/C12H15N3S/c1-8-9(2)14-15-11(3-5-13-12(8)15)10-4-6-16-7-10/h4,6-7,11,13H,3,5H2,1-2H3. The van der Waals surface area contributed by atoms with Crippen LogP contribution in [0.1, 0.15) is 29.3 Å². The molecule has 1 atom stereocenters. The van der Waals surface area contributed by atoms with Gasteiger partial charge in [0.25, 0.3) is 0 Å². The Labute approximate surface area is 99.1 Å². The highest BCUT2D eigenvalue weighted by molar-refractivity contribution is 7.07. The quantitative estimate of drug-likeness (QED) is 0.820. The van der Waals surface area contributed by atoms with E-state index in [0.717, 1.165) is 18.7 Å². The molecule has 0 radical (unpaired) electrons. The van der Waals surface area contributed by atoms with Crippen molar-refractivity contribution in [3.8, 4) is 0 Å². The summed E-state index contributed by atoms with van der Waals surface area (Å²) in [7, 11) is 0. The lowest BCUT2D eigenvalue weighted by atomic mass is 10.1. The summed E-state index contributed by atoms with van der Waals surface area (Å²) < 4.78 is 2.15. The number of hydrogen-bond donors (Lipinski definition) is 1. The molecular weight excluding hydrogens is 218 g/mol. The van der Waals surface area contributed by atoms with Gasteiger partial charge in [0, 0.05) is 12.1 Å². The number of aryl methyl sites for hydroxylation is 1. The van der Waals surface area contributed by atoms with E-state index in [-0.39, 0.29) is 0 Å². The van der Waals surface area contributed by atoms with Gasteiger partial charge in [0.15, 0.2) is 0 Å². The third-order valence-electron chi connectivity index (χ3n) is 3.32. The minimum absolute atomic E-state index is 0.412. The van der Waals surface area contributed by atoms with Crippen LogP contribution in [0.4, 0.5) is 5.82 Å². The third-order valence-corrected chi connectivity index (χ3v) is 4.02. The molecule has 1 aliphatic heterocycles. The van der Waals surface area contributed by atoms with E-state index < -0.39 is 0 Å². The van der Waals surface area contributed by atoms with Gasteiger partial charge < -0.3 is 5.32 Å². The molecule has 1 unspecified atom stereocenters. The second-order valence-electron chi connectivity index (χ2n) is 4.29. The van der Waals surface area contributed by atoms with E-state index in [1.165, 1.54) is 16.9 Å². The predicted octanol–water partition coefficient (Wildman–Crippen LogP) is 2.97. The number of anilines is 1. The normalized spacial score (nSPS) is 19.2. The smallest absolute Gasteiger partial charge is 0.128 e. The van der Waals surface area contributed by atoms with Crippen LogP contribution in [0.5, 0.6) is 0 Å². The first-order valence-corrected chi connectivity index (χ1v) is 6.53. The van der Waals surface area contributed by atoms with E-state index in [4.69, 9.17) is 0 Å². The van der Waals surface area contributed by atoms with Gasteiger partial charge in [0.05, 0.1) is 11.7 Å². The lowest BCUT2D eigenvalue weighted by Crippen LogP contribution is -2.24. The number of hydrogen-bond acceptors (Lipinski definition) is 3. The average Bonchev–Trinajstić information content (AvgIpc) is 2.89. The van der Waals surface area contributed by atoms with Gasteiger partial charge in [-0.3, -0.25) is 0 Å². The fraction of sp³-hybridized carbons (Fsp3) is 0.417. The number of nitrogens with zero attached hydrogens (tertiary/aromatic N) is 2. The van der Waals surface area contributed by atoms with Crippen molar-refractivity contribution in [2.45, 2.75) is 26.3 Å². The molecule has 1 N–H and O–H groups in total. The molecule has 0 saturated carbocycles. The molecule has 4 heteroatoms. The van der Waals surface area contributed by atoms with Crippen molar-refractivity contribution in [1.82, 2.24) is 9.78 Å². The Balaban J connectivity index is 2.10. The fourth-order valence-electron chi connectivity index (χ4n) is 2.29. The summed E-state index contributed by atoms with van der Waals surface area (Å²) in [5, 5.41) is 12.5. The molecule has 3 nitrogen and oxygen atoms in total. The zero-order valence-corrected chi connectivity index (χ0v) is 10.3. The van der Waals surface area contributed by atoms with Crippen molar-refractivity contribution in [2.75, 3.05) is 11.9 Å². The summed E-state index contributed by atoms with van der Waals surface area (Å²) in [5.74, 6) is 1.19. The predicted molar refractivity (Wildman–Crippen MR) is 67.3 cm³/mol. The molecule has 1 aliphatic rings. The lowest BCUT2D eigenvalue weighted by Gasteiger charge is -2.25. The maximum Gasteiger partial charge on any atom is 0.128 e. The molecule has 0 aromatic carbocycles. The maximum absolute atomic E-state index is 4.65. The number of rotatable bonds is 1. The third kappa shape index (κ3) is 1.37. The summed E-state index contributed by atoms with van der Waals surface area (Å²) in [6.45, 7) is 5.25. The molecule has 16 heavy (non-hydrogen) atoms. The van der Waals surface area contributed by atoms with Gasteiger partial charge in [-0.15, -0.1) is 0 Å². The van der Waals surface area contributed by atoms with E-state index in [1.54, 1.807) is 11.3 Å². The van der Waals surface area contributed by atoms with Crippen LogP contribution in [0.25, 0.3) is 0 Å². The number of aromatic nitrogens is 2. The van der Waals surface area contributed by atoms with E-state index in [0.29, 0.717) is 6.04 Å². The lowest BCUT2D eigenvalue weighted by molar-refractivity contribution is 0.480. The van der Waals surface area contributed by atoms with Crippen LogP contribution in [0.2, 0.25) is 0 Å². The molecule has 0 bridgehead atoms. The Morgan fingerprint density at radius 3 is 3.12 bits per heavy atom. The van der Waals surface area contributed by atoms with Crippen LogP contribution >= 0.6 is 11.3 Å². The topological polar surface area (TPSA) is 29.9 Å². The molecule has 2 aromatic rings. The molecule has 0 saturated heterocycles. The largest absolute Gasteiger partial charge is 0.370 e. The van der Waals surface area contributed by atoms with Crippen LogP contribution < -0.4 is 5.32 Å². The summed E-state index contributed by atoms with van der Waals surface area (Å²) in [6.07, 6.45) is 1.12. The first-order valence-electron chi connectivity index (χ1n) is 5.59. The molecule has 0 fully saturated rings. The van der Waals surface area contributed by atoms with E-state index in [9.17, 15) is 0 Å². The van der Waals surface area contributed by atoms with Crippen molar-refractivity contribution in [2.24, 2.45) is 0 Å². The minimum Gasteiger partial charge on any atom is -0.370 e. The highest BCUT2D eigenvalue weighted by Gasteiger charge is 2.24. The van der Waals surface area contributed by atoms with Crippen LogP contribution in [-0.2, 0) is 0 Å². The molecule has 0 amide bonds. The Morgan fingerprint density at radius 2 is 2.38 bits per heavy atom. The molecule has 84 valence electrons.